The topological polar surface area (TPSA) is 79.6 Å². The molecule has 2 N–H and O–H groups in total. The van der Waals surface area contributed by atoms with Crippen LogP contribution in [0.5, 0.6) is 0 Å². The Labute approximate surface area is 158 Å². The van der Waals surface area contributed by atoms with Crippen LogP contribution in [0.25, 0.3) is 0 Å². The van der Waals surface area contributed by atoms with Crippen molar-refractivity contribution in [2.24, 2.45) is 13.5 Å². The van der Waals surface area contributed by atoms with Gasteiger partial charge in [-0.25, -0.2) is 0 Å². The van der Waals surface area contributed by atoms with Gasteiger partial charge in [0, 0.05) is 0 Å². The zero-order chi connectivity index (χ0) is 17.0. The number of halogens is 4. The monoisotopic (exact) mass is 483 g/mol. The molecule has 0 spiro atoms. The van der Waals surface area contributed by atoms with Crippen molar-refractivity contribution in [3.63, 3.8) is 0 Å². The maximum Gasteiger partial charge on any atom is 0.272 e. The molecule has 0 saturated carbocycles. The highest BCUT2D eigenvalue weighted by atomic mass is 35.9. The molecule has 0 aromatic carbocycles. The molecule has 0 bridgehead atoms. The average Bonchev–Trinajstić information content (AvgIpc) is 2.23. The van der Waals surface area contributed by atoms with Crippen LogP contribution in [0.4, 0.5) is 0 Å². The van der Waals surface area contributed by atoms with E-state index in [0.717, 1.165) is 0 Å². The van der Waals surface area contributed by atoms with Crippen molar-refractivity contribution in [1.82, 2.24) is 10.2 Å². The summed E-state index contributed by atoms with van der Waals surface area (Å²) >= 11 is 34.4. The van der Waals surface area contributed by atoms with E-state index in [0.29, 0.717) is 13.2 Å². The van der Waals surface area contributed by atoms with Crippen LogP contribution in [0.1, 0.15) is 13.8 Å². The van der Waals surface area contributed by atoms with Crippen LogP contribution in [-0.2, 0) is 9.47 Å². The molecule has 16 heteroatoms. The van der Waals surface area contributed by atoms with Crippen molar-refractivity contribution in [3.05, 3.63) is 0 Å². The lowest BCUT2D eigenvalue weighted by atomic mass is 10.9. The third-order valence-corrected chi connectivity index (χ3v) is 13.9. The van der Waals surface area contributed by atoms with E-state index >= 15 is 0 Å². The Bertz CT molecular complexity index is 600. The van der Waals surface area contributed by atoms with Gasteiger partial charge in [-0.1, -0.05) is 0 Å². The quantitative estimate of drug-likeness (QED) is 0.345. The first-order chi connectivity index (χ1) is 10.0. The Morgan fingerprint density at radius 2 is 1.27 bits per heavy atom. The molecule has 0 aromatic rings. The number of nitrogens with one attached hydrogen (secondary N) is 2. The molecule has 0 atom stereocenters. The standard InChI is InChI=1S/C6H12Cl4N5O2P3S2/c1-3-16-5(21)11-20(12-6(22)17-4-2)14-18(7,8)13-19(9,10)15-20/h3-4H2,1-2H3,(H,11,21)(H,12,22). The lowest BCUT2D eigenvalue weighted by Crippen LogP contribution is -2.31. The summed E-state index contributed by atoms with van der Waals surface area (Å²) in [5, 5.41) is 5.65. The zero-order valence-electron chi connectivity index (χ0n) is 11.2. The van der Waals surface area contributed by atoms with Crippen LogP contribution < -0.4 is 10.2 Å². The van der Waals surface area contributed by atoms with Gasteiger partial charge in [0.15, 0.2) is 0 Å². The second-order valence-corrected chi connectivity index (χ2v) is 16.5. The van der Waals surface area contributed by atoms with E-state index in [1.54, 1.807) is 13.8 Å². The maximum atomic E-state index is 6.08. The summed E-state index contributed by atoms with van der Waals surface area (Å²) in [6.45, 7) is 4.22. The smallest absolute Gasteiger partial charge is 0.272 e. The number of thiocarbonyl (C=S) groups is 2. The van der Waals surface area contributed by atoms with Crippen molar-refractivity contribution in [2.75, 3.05) is 13.2 Å². The fraction of sp³-hybridized carbons (Fsp3) is 0.667. The van der Waals surface area contributed by atoms with Gasteiger partial charge in [-0.3, -0.25) is 10.2 Å². The number of rotatable bonds is 4. The third-order valence-electron chi connectivity index (χ3n) is 1.73. The Hall–Kier alpha value is 1.23. The molecule has 7 nitrogen and oxygen atoms in total. The van der Waals surface area contributed by atoms with E-state index in [4.69, 9.17) is 78.9 Å². The van der Waals surface area contributed by atoms with Gasteiger partial charge < -0.3 is 9.47 Å². The summed E-state index contributed by atoms with van der Waals surface area (Å²) in [7, 11) is -3.11. The summed E-state index contributed by atoms with van der Waals surface area (Å²) in [5.74, 6) is -6.30. The Kier molecular flexibility index (Phi) is 8.27. The molecular weight excluding hydrogens is 473 g/mol. The van der Waals surface area contributed by atoms with Gasteiger partial charge in [-0.2, -0.15) is 13.5 Å². The van der Waals surface area contributed by atoms with Crippen LogP contribution in [0.2, 0.25) is 0 Å². The van der Waals surface area contributed by atoms with Gasteiger partial charge in [0.1, 0.15) is 0 Å². The van der Waals surface area contributed by atoms with Crippen molar-refractivity contribution in [2.45, 2.75) is 13.8 Å². The van der Waals surface area contributed by atoms with Gasteiger partial charge in [-0.05, 0) is 83.2 Å². The molecule has 0 radical (unpaired) electrons. The summed E-state index contributed by atoms with van der Waals surface area (Å²) in [6, 6.07) is 0. The fourth-order valence-corrected chi connectivity index (χ4v) is 16.8. The lowest BCUT2D eigenvalue weighted by Gasteiger charge is -2.28. The van der Waals surface area contributed by atoms with E-state index in [1.165, 1.54) is 0 Å². The average molecular weight is 485 g/mol. The molecule has 128 valence electrons. The first-order valence-corrected chi connectivity index (χ1v) is 15.2. The second kappa shape index (κ2) is 8.55. The molecule has 0 aromatic heterocycles. The SMILES string of the molecule is CCOC(=S)NP1(NC(=S)OCC)=NP(Cl)(Cl)=NP(Cl)(Cl)=N1. The van der Waals surface area contributed by atoms with Gasteiger partial charge >= 0.3 is 0 Å². The van der Waals surface area contributed by atoms with Crippen LogP contribution in [0.3, 0.4) is 0 Å². The van der Waals surface area contributed by atoms with E-state index in [1.807, 2.05) is 0 Å². The molecule has 1 rings (SSSR count). The number of nitrogens with zero attached hydrogens (tertiary/aromatic N) is 3. The van der Waals surface area contributed by atoms with Gasteiger partial charge in [0.25, 0.3) is 29.7 Å². The number of hydrogen-bond donors (Lipinski definition) is 2. The fourth-order valence-electron chi connectivity index (χ4n) is 1.19. The Morgan fingerprint density at radius 3 is 1.64 bits per heavy atom. The van der Waals surface area contributed by atoms with Crippen LogP contribution in [0.15, 0.2) is 13.5 Å². The largest absolute Gasteiger partial charge is 0.471 e. The van der Waals surface area contributed by atoms with E-state index in [2.05, 4.69) is 23.7 Å². The van der Waals surface area contributed by atoms with Gasteiger partial charge in [-0.15, -0.1) is 0 Å². The molecule has 0 fully saturated rings. The van der Waals surface area contributed by atoms with Crippen LogP contribution in [-0.4, -0.2) is 23.6 Å². The summed E-state index contributed by atoms with van der Waals surface area (Å²) < 4.78 is 22.6. The van der Waals surface area contributed by atoms with Crippen molar-refractivity contribution >= 4 is 99.1 Å². The minimum Gasteiger partial charge on any atom is -0.471 e. The van der Waals surface area contributed by atoms with Crippen molar-refractivity contribution < 1.29 is 9.47 Å². The normalized spacial score (nSPS) is 20.5. The number of ether oxygens (including phenoxy) is 2. The molecule has 22 heavy (non-hydrogen) atoms. The first kappa shape index (κ1) is 21.3. The van der Waals surface area contributed by atoms with Crippen molar-refractivity contribution in [3.8, 4) is 0 Å². The molecule has 1 aliphatic heterocycles. The van der Waals surface area contributed by atoms with Crippen molar-refractivity contribution in [1.29, 1.82) is 0 Å². The minimum absolute atomic E-state index is 0.0266. The highest BCUT2D eigenvalue weighted by Crippen LogP contribution is 2.83. The molecule has 0 unspecified atom stereocenters. The van der Waals surface area contributed by atoms with Crippen LogP contribution >= 0.6 is 88.7 Å². The predicted molar refractivity (Wildman–Crippen MR) is 106 cm³/mol. The Balaban J connectivity index is 3.32. The summed E-state index contributed by atoms with van der Waals surface area (Å²) in [5.41, 5.74) is 0. The van der Waals surface area contributed by atoms with Gasteiger partial charge in [0.05, 0.1) is 13.2 Å². The molecule has 1 aliphatic rings. The third kappa shape index (κ3) is 7.00. The highest BCUT2D eigenvalue weighted by molar-refractivity contribution is 8.21. The van der Waals surface area contributed by atoms with E-state index in [9.17, 15) is 0 Å². The highest BCUT2D eigenvalue weighted by Gasteiger charge is 2.35. The molecule has 0 saturated heterocycles. The predicted octanol–water partition coefficient (Wildman–Crippen LogP) is 6.62. The van der Waals surface area contributed by atoms with E-state index < -0.39 is 19.3 Å². The maximum absolute atomic E-state index is 6.08. The Morgan fingerprint density at radius 1 is 0.864 bits per heavy atom. The summed E-state index contributed by atoms with van der Waals surface area (Å²) in [6.07, 6.45) is 0. The van der Waals surface area contributed by atoms with E-state index in [-0.39, 0.29) is 10.3 Å². The molecule has 0 aliphatic carbocycles. The number of hydrogen-bond acceptors (Lipinski definition) is 7. The summed E-state index contributed by atoms with van der Waals surface area (Å²) in [4.78, 5) is 0. The second-order valence-electron chi connectivity index (χ2n) is 3.45. The molecule has 0 amide bonds. The minimum atomic E-state index is -3.15. The lowest BCUT2D eigenvalue weighted by molar-refractivity contribution is 0.325. The van der Waals surface area contributed by atoms with Gasteiger partial charge in [0.2, 0.25) is 0 Å². The first-order valence-electron chi connectivity index (χ1n) is 5.63. The van der Waals surface area contributed by atoms with Crippen LogP contribution in [0, 0.1) is 0 Å². The molecule has 1 heterocycles. The molecular formula is C6H12Cl4N5O2P3S2. The zero-order valence-corrected chi connectivity index (χ0v) is 18.6.